The normalized spacial score (nSPS) is 20.6. The summed E-state index contributed by atoms with van der Waals surface area (Å²) in [5, 5.41) is 14.9. The number of morpholine rings is 1. The third-order valence-electron chi connectivity index (χ3n) is 3.27. The van der Waals surface area contributed by atoms with Gasteiger partial charge in [0.05, 0.1) is 19.1 Å². The highest BCUT2D eigenvalue weighted by atomic mass is 16.5. The Kier molecular flexibility index (Phi) is 7.54. The van der Waals surface area contributed by atoms with E-state index in [0.29, 0.717) is 32.0 Å². The van der Waals surface area contributed by atoms with Crippen LogP contribution in [0.25, 0.3) is 0 Å². The molecular weight excluding hydrogens is 260 g/mol. The Hall–Kier alpha value is -1.14. The molecule has 0 saturated carbocycles. The van der Waals surface area contributed by atoms with Crippen LogP contribution in [-0.2, 0) is 14.3 Å². The predicted molar refractivity (Wildman–Crippen MR) is 75.4 cm³/mol. The first-order valence-electron chi connectivity index (χ1n) is 7.28. The molecular formula is C14H26N2O4. The van der Waals surface area contributed by atoms with Crippen molar-refractivity contribution in [2.75, 3.05) is 26.2 Å². The number of hydrogen-bond donors (Lipinski definition) is 3. The molecule has 0 bridgehead atoms. The van der Waals surface area contributed by atoms with Gasteiger partial charge in [-0.1, -0.05) is 13.8 Å². The highest BCUT2D eigenvalue weighted by Crippen LogP contribution is 2.15. The molecule has 1 fully saturated rings. The Balaban J connectivity index is 2.29. The maximum Gasteiger partial charge on any atom is 0.303 e. The molecule has 6 heteroatoms. The fourth-order valence-electron chi connectivity index (χ4n) is 2.44. The van der Waals surface area contributed by atoms with Gasteiger partial charge in [-0.25, -0.2) is 0 Å². The Bertz CT molecular complexity index is 314. The molecule has 6 nitrogen and oxygen atoms in total. The second kappa shape index (κ2) is 8.92. The fraction of sp³-hybridized carbons (Fsp3) is 0.857. The Morgan fingerprint density at radius 3 is 2.75 bits per heavy atom. The number of ether oxygens (including phenoxy) is 1. The first-order chi connectivity index (χ1) is 9.47. The van der Waals surface area contributed by atoms with E-state index in [4.69, 9.17) is 9.84 Å². The number of carboxylic acids is 1. The topological polar surface area (TPSA) is 87.7 Å². The van der Waals surface area contributed by atoms with Gasteiger partial charge in [-0.05, 0) is 18.3 Å². The van der Waals surface area contributed by atoms with Crippen LogP contribution in [-0.4, -0.2) is 49.3 Å². The van der Waals surface area contributed by atoms with Crippen LogP contribution in [0.1, 0.15) is 33.1 Å². The summed E-state index contributed by atoms with van der Waals surface area (Å²) < 4.78 is 5.47. The number of rotatable bonds is 8. The molecule has 0 aromatic rings. The quantitative estimate of drug-likeness (QED) is 0.609. The fourth-order valence-corrected chi connectivity index (χ4v) is 2.44. The summed E-state index contributed by atoms with van der Waals surface area (Å²) in [6, 6.07) is 0. The average Bonchev–Trinajstić information content (AvgIpc) is 2.36. The number of nitrogens with one attached hydrogen (secondary N) is 2. The van der Waals surface area contributed by atoms with E-state index in [1.165, 1.54) is 0 Å². The van der Waals surface area contributed by atoms with Crippen molar-refractivity contribution in [1.29, 1.82) is 0 Å². The summed E-state index contributed by atoms with van der Waals surface area (Å²) >= 11 is 0. The summed E-state index contributed by atoms with van der Waals surface area (Å²) in [5.74, 6) is -0.480. The predicted octanol–water partition coefficient (Wildman–Crippen LogP) is 0.618. The smallest absolute Gasteiger partial charge is 0.303 e. The molecule has 2 atom stereocenters. The molecule has 0 spiro atoms. The zero-order chi connectivity index (χ0) is 15.0. The van der Waals surface area contributed by atoms with Gasteiger partial charge in [-0.2, -0.15) is 0 Å². The molecule has 1 aliphatic rings. The van der Waals surface area contributed by atoms with E-state index in [1.807, 2.05) is 0 Å². The molecule has 20 heavy (non-hydrogen) atoms. The first-order valence-corrected chi connectivity index (χ1v) is 7.28. The van der Waals surface area contributed by atoms with Crippen molar-refractivity contribution < 1.29 is 19.4 Å². The maximum absolute atomic E-state index is 11.8. The summed E-state index contributed by atoms with van der Waals surface area (Å²) in [4.78, 5) is 22.6. The minimum Gasteiger partial charge on any atom is -0.481 e. The summed E-state index contributed by atoms with van der Waals surface area (Å²) in [7, 11) is 0. The van der Waals surface area contributed by atoms with E-state index in [2.05, 4.69) is 24.5 Å². The molecule has 1 aliphatic heterocycles. The molecule has 1 unspecified atom stereocenters. The number of amides is 1. The van der Waals surface area contributed by atoms with Crippen LogP contribution in [0.3, 0.4) is 0 Å². The Morgan fingerprint density at radius 2 is 2.20 bits per heavy atom. The van der Waals surface area contributed by atoms with E-state index in [9.17, 15) is 9.59 Å². The summed E-state index contributed by atoms with van der Waals surface area (Å²) in [6.45, 7) is 6.68. The van der Waals surface area contributed by atoms with Gasteiger partial charge in [0.1, 0.15) is 0 Å². The van der Waals surface area contributed by atoms with Crippen molar-refractivity contribution >= 4 is 11.9 Å². The lowest BCUT2D eigenvalue weighted by molar-refractivity contribution is -0.138. The monoisotopic (exact) mass is 286 g/mol. The summed E-state index contributed by atoms with van der Waals surface area (Å²) in [6.07, 6.45) is 1.15. The zero-order valence-electron chi connectivity index (χ0n) is 12.4. The standard InChI is InChI=1S/C14H26N2O4/c1-10(2)5-11(6-14(18)19)8-16-13(17)7-12-9-15-3-4-20-12/h10-12,15H,3-9H2,1-2H3,(H,16,17)(H,18,19)/t11-,12?/m0/s1. The molecule has 0 aromatic carbocycles. The lowest BCUT2D eigenvalue weighted by Gasteiger charge is -2.23. The van der Waals surface area contributed by atoms with Crippen LogP contribution in [0.15, 0.2) is 0 Å². The average molecular weight is 286 g/mol. The molecule has 0 aliphatic carbocycles. The first kappa shape index (κ1) is 16.9. The van der Waals surface area contributed by atoms with Crippen molar-refractivity contribution in [1.82, 2.24) is 10.6 Å². The molecule has 0 radical (unpaired) electrons. The third kappa shape index (κ3) is 7.45. The minimum atomic E-state index is -0.815. The number of carbonyl (C=O) groups is 2. The van der Waals surface area contributed by atoms with Crippen molar-refractivity contribution in [3.05, 3.63) is 0 Å². The molecule has 3 N–H and O–H groups in total. The number of aliphatic carboxylic acids is 1. The van der Waals surface area contributed by atoms with Crippen molar-refractivity contribution in [2.45, 2.75) is 39.2 Å². The molecule has 1 amide bonds. The zero-order valence-corrected chi connectivity index (χ0v) is 12.4. The van der Waals surface area contributed by atoms with Crippen molar-refractivity contribution in [3.8, 4) is 0 Å². The van der Waals surface area contributed by atoms with Gasteiger partial charge in [-0.15, -0.1) is 0 Å². The SMILES string of the molecule is CC(C)C[C@H](CNC(=O)CC1CNCCO1)CC(=O)O. The van der Waals surface area contributed by atoms with Crippen LogP contribution in [0.5, 0.6) is 0 Å². The van der Waals surface area contributed by atoms with Gasteiger partial charge in [0.15, 0.2) is 0 Å². The van der Waals surface area contributed by atoms with E-state index in [-0.39, 0.29) is 24.3 Å². The van der Waals surface area contributed by atoms with E-state index >= 15 is 0 Å². The number of carboxylic acid groups (broad SMARTS) is 1. The van der Waals surface area contributed by atoms with E-state index in [1.54, 1.807) is 0 Å². The third-order valence-corrected chi connectivity index (χ3v) is 3.27. The van der Waals surface area contributed by atoms with Crippen molar-refractivity contribution in [3.63, 3.8) is 0 Å². The van der Waals surface area contributed by atoms with Crippen LogP contribution in [0.2, 0.25) is 0 Å². The van der Waals surface area contributed by atoms with Crippen LogP contribution < -0.4 is 10.6 Å². The largest absolute Gasteiger partial charge is 0.481 e. The number of carbonyl (C=O) groups excluding carboxylic acids is 1. The number of hydrogen-bond acceptors (Lipinski definition) is 4. The van der Waals surface area contributed by atoms with Gasteiger partial charge < -0.3 is 20.5 Å². The second-order valence-corrected chi connectivity index (χ2v) is 5.80. The van der Waals surface area contributed by atoms with Crippen LogP contribution in [0.4, 0.5) is 0 Å². The molecule has 1 heterocycles. The van der Waals surface area contributed by atoms with Crippen LogP contribution >= 0.6 is 0 Å². The molecule has 1 rings (SSSR count). The van der Waals surface area contributed by atoms with Gasteiger partial charge in [0.2, 0.25) is 5.91 Å². The minimum absolute atomic E-state index is 0.0122. The highest BCUT2D eigenvalue weighted by molar-refractivity contribution is 5.76. The lowest BCUT2D eigenvalue weighted by atomic mass is 9.94. The van der Waals surface area contributed by atoms with E-state index < -0.39 is 5.97 Å². The van der Waals surface area contributed by atoms with Gasteiger partial charge >= 0.3 is 5.97 Å². The lowest BCUT2D eigenvalue weighted by Crippen LogP contribution is -2.42. The Morgan fingerprint density at radius 1 is 1.45 bits per heavy atom. The Labute approximate surface area is 120 Å². The molecule has 0 aromatic heterocycles. The van der Waals surface area contributed by atoms with Crippen molar-refractivity contribution in [2.24, 2.45) is 11.8 Å². The maximum atomic E-state index is 11.8. The highest BCUT2D eigenvalue weighted by Gasteiger charge is 2.19. The van der Waals surface area contributed by atoms with E-state index in [0.717, 1.165) is 13.0 Å². The van der Waals surface area contributed by atoms with Gasteiger partial charge in [0.25, 0.3) is 0 Å². The molecule has 1 saturated heterocycles. The van der Waals surface area contributed by atoms with Gasteiger partial charge in [-0.3, -0.25) is 9.59 Å². The van der Waals surface area contributed by atoms with Crippen LogP contribution in [0, 0.1) is 11.8 Å². The van der Waals surface area contributed by atoms with Gasteiger partial charge in [0, 0.05) is 26.1 Å². The molecule has 116 valence electrons. The second-order valence-electron chi connectivity index (χ2n) is 5.80. The summed E-state index contributed by atoms with van der Waals surface area (Å²) in [5.41, 5.74) is 0.